The maximum Gasteiger partial charge on any atom is 0.250 e. The molecule has 0 saturated carbocycles. The molecule has 6 heteroatoms. The van der Waals surface area contributed by atoms with Gasteiger partial charge in [-0.05, 0) is 26.0 Å². The average molecular weight is 280 g/mol. The zero-order valence-corrected chi connectivity index (χ0v) is 12.3. The molecule has 0 aliphatic heterocycles. The second kappa shape index (κ2) is 8.37. The molecule has 0 unspecified atom stereocenters. The fraction of sp³-hybridized carbons (Fsp3) is 0.571. The van der Waals surface area contributed by atoms with E-state index in [-0.39, 0.29) is 11.5 Å². The van der Waals surface area contributed by atoms with Crippen LogP contribution in [0.25, 0.3) is 0 Å². The van der Waals surface area contributed by atoms with Crippen molar-refractivity contribution in [3.63, 3.8) is 0 Å². The Labute approximate surface area is 119 Å². The predicted molar refractivity (Wildman–Crippen MR) is 80.5 cm³/mol. The molecule has 0 aromatic carbocycles. The Balaban J connectivity index is 2.43. The largest absolute Gasteiger partial charge is 0.398 e. The summed E-state index contributed by atoms with van der Waals surface area (Å²) in [5.41, 5.74) is 6.19. The van der Waals surface area contributed by atoms with Gasteiger partial charge in [-0.3, -0.25) is 14.5 Å². The highest BCUT2D eigenvalue weighted by Crippen LogP contribution is 1.98. The number of amides is 1. The van der Waals surface area contributed by atoms with Crippen molar-refractivity contribution in [2.45, 2.75) is 26.8 Å². The van der Waals surface area contributed by atoms with Gasteiger partial charge in [-0.15, -0.1) is 0 Å². The zero-order valence-electron chi connectivity index (χ0n) is 12.3. The fourth-order valence-corrected chi connectivity index (χ4v) is 1.99. The molecule has 1 amide bonds. The van der Waals surface area contributed by atoms with Crippen LogP contribution in [0.1, 0.15) is 20.3 Å². The summed E-state index contributed by atoms with van der Waals surface area (Å²) in [6.07, 6.45) is 2.46. The Kier molecular flexibility index (Phi) is 6.79. The molecule has 0 spiro atoms. The number of carbonyl (C=O) groups is 1. The topological polar surface area (TPSA) is 80.4 Å². The molecular weight excluding hydrogens is 256 g/mol. The Bertz CT molecular complexity index is 484. The van der Waals surface area contributed by atoms with Gasteiger partial charge in [-0.2, -0.15) is 0 Å². The zero-order chi connectivity index (χ0) is 15.0. The molecule has 3 N–H and O–H groups in total. The lowest BCUT2D eigenvalue weighted by atomic mass is 10.3. The molecule has 0 aliphatic rings. The molecule has 0 aliphatic carbocycles. The maximum atomic E-state index is 11.6. The summed E-state index contributed by atoms with van der Waals surface area (Å²) in [6.45, 7) is 7.16. The van der Waals surface area contributed by atoms with Crippen molar-refractivity contribution in [1.82, 2.24) is 14.8 Å². The molecule has 1 heterocycles. The molecule has 1 aromatic heterocycles. The quantitative estimate of drug-likeness (QED) is 0.716. The summed E-state index contributed by atoms with van der Waals surface area (Å²) in [5.74, 6) is 0.0375. The molecule has 0 saturated heterocycles. The van der Waals surface area contributed by atoms with Crippen molar-refractivity contribution in [2.75, 3.05) is 31.9 Å². The minimum atomic E-state index is -0.0500. The number of carbonyl (C=O) groups excluding carboxylic acids is 1. The van der Waals surface area contributed by atoms with E-state index >= 15 is 0 Å². The molecule has 0 fully saturated rings. The first-order chi connectivity index (χ1) is 9.56. The van der Waals surface area contributed by atoms with Gasteiger partial charge in [0.05, 0.1) is 6.54 Å². The third-order valence-electron chi connectivity index (χ3n) is 3.07. The summed E-state index contributed by atoms with van der Waals surface area (Å²) in [4.78, 5) is 25.2. The van der Waals surface area contributed by atoms with Crippen LogP contribution in [0, 0.1) is 0 Å². The molecule has 0 atom stereocenters. The predicted octanol–water partition coefficient (Wildman–Crippen LogP) is 0.279. The minimum absolute atomic E-state index is 0.0375. The van der Waals surface area contributed by atoms with Crippen LogP contribution in [0.15, 0.2) is 23.1 Å². The second-order valence-electron chi connectivity index (χ2n) is 4.67. The van der Waals surface area contributed by atoms with Crippen LogP contribution < -0.4 is 16.6 Å². The second-order valence-corrected chi connectivity index (χ2v) is 4.67. The third-order valence-corrected chi connectivity index (χ3v) is 3.07. The first-order valence-electron chi connectivity index (χ1n) is 7.01. The highest BCUT2D eigenvalue weighted by Gasteiger charge is 2.08. The number of hydrogen-bond acceptors (Lipinski definition) is 4. The van der Waals surface area contributed by atoms with Crippen LogP contribution in [0.5, 0.6) is 0 Å². The number of pyridine rings is 1. The van der Waals surface area contributed by atoms with Crippen molar-refractivity contribution in [2.24, 2.45) is 0 Å². The molecule has 0 radical (unpaired) electrons. The first-order valence-corrected chi connectivity index (χ1v) is 7.01. The van der Waals surface area contributed by atoms with Crippen molar-refractivity contribution in [1.29, 1.82) is 0 Å². The number of hydrogen-bond donors (Lipinski definition) is 2. The van der Waals surface area contributed by atoms with E-state index in [1.165, 1.54) is 6.07 Å². The standard InChI is InChI=1S/C14H24N4O2/c1-3-16-13(19)11-17(4-2)8-5-9-18-10-12(15)6-7-14(18)20/h6-7,10H,3-5,8-9,11,15H2,1-2H3,(H,16,19). The molecule has 0 bridgehead atoms. The molecule has 20 heavy (non-hydrogen) atoms. The van der Waals surface area contributed by atoms with E-state index in [4.69, 9.17) is 5.73 Å². The van der Waals surface area contributed by atoms with E-state index in [1.54, 1.807) is 16.8 Å². The number of aromatic nitrogens is 1. The van der Waals surface area contributed by atoms with E-state index in [0.29, 0.717) is 25.3 Å². The van der Waals surface area contributed by atoms with Crippen molar-refractivity contribution >= 4 is 11.6 Å². The van der Waals surface area contributed by atoms with Gasteiger partial charge in [0.2, 0.25) is 5.91 Å². The fourth-order valence-electron chi connectivity index (χ4n) is 1.99. The highest BCUT2D eigenvalue weighted by molar-refractivity contribution is 5.77. The van der Waals surface area contributed by atoms with Crippen LogP contribution >= 0.6 is 0 Å². The van der Waals surface area contributed by atoms with Crippen LogP contribution in [-0.4, -0.2) is 41.6 Å². The van der Waals surface area contributed by atoms with E-state index in [9.17, 15) is 9.59 Å². The van der Waals surface area contributed by atoms with E-state index in [2.05, 4.69) is 10.2 Å². The molecule has 112 valence electrons. The number of nitrogen functional groups attached to an aromatic ring is 1. The van der Waals surface area contributed by atoms with Crippen LogP contribution in [0.4, 0.5) is 5.69 Å². The lowest BCUT2D eigenvalue weighted by molar-refractivity contribution is -0.122. The Morgan fingerprint density at radius 2 is 2.15 bits per heavy atom. The van der Waals surface area contributed by atoms with E-state index < -0.39 is 0 Å². The van der Waals surface area contributed by atoms with Gasteiger partial charge < -0.3 is 15.6 Å². The van der Waals surface area contributed by atoms with Gasteiger partial charge >= 0.3 is 0 Å². The summed E-state index contributed by atoms with van der Waals surface area (Å²) in [7, 11) is 0. The number of aryl methyl sites for hydroxylation is 1. The summed E-state index contributed by atoms with van der Waals surface area (Å²) in [6, 6.07) is 3.08. The number of anilines is 1. The van der Waals surface area contributed by atoms with Crippen molar-refractivity contribution in [3.8, 4) is 0 Å². The van der Waals surface area contributed by atoms with Crippen molar-refractivity contribution in [3.05, 3.63) is 28.7 Å². The Hall–Kier alpha value is -1.82. The third kappa shape index (κ3) is 5.44. The van der Waals surface area contributed by atoms with Gasteiger partial charge in [0.25, 0.3) is 5.56 Å². The van der Waals surface area contributed by atoms with Gasteiger partial charge in [0.1, 0.15) is 0 Å². The maximum absolute atomic E-state index is 11.6. The molecule has 1 rings (SSSR count). The number of likely N-dealkylation sites (N-methyl/N-ethyl adjacent to an activating group) is 2. The lowest BCUT2D eigenvalue weighted by Crippen LogP contribution is -2.38. The number of nitrogens with zero attached hydrogens (tertiary/aromatic N) is 2. The molecule has 1 aromatic rings. The Morgan fingerprint density at radius 3 is 2.80 bits per heavy atom. The average Bonchev–Trinajstić information content (AvgIpc) is 2.41. The summed E-state index contributed by atoms with van der Waals surface area (Å²) in [5, 5.41) is 2.78. The van der Waals surface area contributed by atoms with Gasteiger partial charge in [-0.1, -0.05) is 6.92 Å². The van der Waals surface area contributed by atoms with Gasteiger partial charge in [0, 0.05) is 37.6 Å². The van der Waals surface area contributed by atoms with Gasteiger partial charge in [0.15, 0.2) is 0 Å². The lowest BCUT2D eigenvalue weighted by Gasteiger charge is -2.19. The summed E-state index contributed by atoms with van der Waals surface area (Å²) >= 11 is 0. The number of nitrogens with one attached hydrogen (secondary N) is 1. The normalized spacial score (nSPS) is 10.8. The first kappa shape index (κ1) is 16.2. The highest BCUT2D eigenvalue weighted by atomic mass is 16.2. The van der Waals surface area contributed by atoms with Gasteiger partial charge in [-0.25, -0.2) is 0 Å². The monoisotopic (exact) mass is 280 g/mol. The van der Waals surface area contributed by atoms with E-state index in [0.717, 1.165) is 19.5 Å². The smallest absolute Gasteiger partial charge is 0.250 e. The molecule has 6 nitrogen and oxygen atoms in total. The molecular formula is C14H24N4O2. The Morgan fingerprint density at radius 1 is 1.40 bits per heavy atom. The number of rotatable bonds is 8. The number of nitrogens with two attached hydrogens (primary N) is 1. The summed E-state index contributed by atoms with van der Waals surface area (Å²) < 4.78 is 1.61. The van der Waals surface area contributed by atoms with Crippen molar-refractivity contribution < 1.29 is 4.79 Å². The van der Waals surface area contributed by atoms with Crippen LogP contribution in [0.3, 0.4) is 0 Å². The van der Waals surface area contributed by atoms with E-state index in [1.807, 2.05) is 13.8 Å². The van der Waals surface area contributed by atoms with Crippen LogP contribution in [-0.2, 0) is 11.3 Å². The SMILES string of the molecule is CCNC(=O)CN(CC)CCCn1cc(N)ccc1=O. The van der Waals surface area contributed by atoms with Crippen LogP contribution in [0.2, 0.25) is 0 Å². The minimum Gasteiger partial charge on any atom is -0.398 e.